The average Bonchev–Trinajstić information content (AvgIpc) is 2.36. The molecule has 2 aromatic carbocycles. The van der Waals surface area contributed by atoms with Gasteiger partial charge in [0.2, 0.25) is 0 Å². The minimum Gasteiger partial charge on any atom is -0.456 e. The van der Waals surface area contributed by atoms with Crippen LogP contribution in [0.15, 0.2) is 34.8 Å². The van der Waals surface area contributed by atoms with Crippen molar-refractivity contribution >= 4 is 27.5 Å². The van der Waals surface area contributed by atoms with Crippen molar-refractivity contribution in [2.75, 3.05) is 0 Å². The van der Waals surface area contributed by atoms with Crippen molar-refractivity contribution in [2.45, 2.75) is 13.8 Å². The molecule has 0 saturated heterocycles. The van der Waals surface area contributed by atoms with Crippen LogP contribution in [0.1, 0.15) is 16.7 Å². The lowest BCUT2D eigenvalue weighted by molar-refractivity contribution is 0.480. The number of hydrogen-bond donors (Lipinski definition) is 0. The number of hydrogen-bond acceptors (Lipinski definition) is 2. The van der Waals surface area contributed by atoms with Crippen molar-refractivity contribution in [1.82, 2.24) is 0 Å². The Morgan fingerprint density at radius 1 is 1.16 bits per heavy atom. The van der Waals surface area contributed by atoms with Gasteiger partial charge in [0.05, 0.1) is 5.56 Å². The Kier molecular flexibility index (Phi) is 4.14. The molecule has 0 N–H and O–H groups in total. The SMILES string of the molecule is Cc1cc(Oc2cc(Cl)ccc2C#N)cc(C)c1Br. The number of halogens is 2. The van der Waals surface area contributed by atoms with Crippen LogP contribution in [0.2, 0.25) is 5.02 Å². The molecule has 0 heterocycles. The van der Waals surface area contributed by atoms with Gasteiger partial charge in [-0.15, -0.1) is 0 Å². The summed E-state index contributed by atoms with van der Waals surface area (Å²) in [5.41, 5.74) is 2.62. The lowest BCUT2D eigenvalue weighted by Crippen LogP contribution is -1.91. The van der Waals surface area contributed by atoms with Gasteiger partial charge in [-0.2, -0.15) is 5.26 Å². The molecule has 0 spiro atoms. The monoisotopic (exact) mass is 335 g/mol. The van der Waals surface area contributed by atoms with Gasteiger partial charge in [0.1, 0.15) is 17.6 Å². The lowest BCUT2D eigenvalue weighted by atomic mass is 10.1. The Hall–Kier alpha value is -1.50. The summed E-state index contributed by atoms with van der Waals surface area (Å²) in [5, 5.41) is 9.60. The number of aryl methyl sites for hydroxylation is 2. The fourth-order valence-corrected chi connectivity index (χ4v) is 2.16. The van der Waals surface area contributed by atoms with Crippen LogP contribution in [0.25, 0.3) is 0 Å². The Bertz CT molecular complexity index is 653. The Labute approximate surface area is 125 Å². The number of nitriles is 1. The maximum absolute atomic E-state index is 9.06. The molecule has 0 bridgehead atoms. The van der Waals surface area contributed by atoms with Crippen molar-refractivity contribution in [3.8, 4) is 17.6 Å². The van der Waals surface area contributed by atoms with Crippen LogP contribution in [0, 0.1) is 25.2 Å². The molecule has 4 heteroatoms. The first-order valence-electron chi connectivity index (χ1n) is 5.65. The zero-order chi connectivity index (χ0) is 14.0. The van der Waals surface area contributed by atoms with Gasteiger partial charge in [-0.3, -0.25) is 0 Å². The molecule has 96 valence electrons. The first-order chi connectivity index (χ1) is 9.01. The van der Waals surface area contributed by atoms with Crippen LogP contribution in [0.5, 0.6) is 11.5 Å². The largest absolute Gasteiger partial charge is 0.456 e. The van der Waals surface area contributed by atoms with E-state index < -0.39 is 0 Å². The second kappa shape index (κ2) is 5.64. The third-order valence-electron chi connectivity index (χ3n) is 2.70. The first kappa shape index (κ1) is 13.9. The third kappa shape index (κ3) is 3.09. The van der Waals surface area contributed by atoms with Gasteiger partial charge < -0.3 is 4.74 Å². The van der Waals surface area contributed by atoms with E-state index in [4.69, 9.17) is 21.6 Å². The molecule has 0 unspecified atom stereocenters. The molecule has 0 aromatic heterocycles. The zero-order valence-corrected chi connectivity index (χ0v) is 12.8. The molecule has 19 heavy (non-hydrogen) atoms. The quantitative estimate of drug-likeness (QED) is 0.737. The van der Waals surface area contributed by atoms with Crippen molar-refractivity contribution in [1.29, 1.82) is 5.26 Å². The molecule has 0 amide bonds. The van der Waals surface area contributed by atoms with E-state index in [1.807, 2.05) is 26.0 Å². The van der Waals surface area contributed by atoms with Crippen LogP contribution in [0.3, 0.4) is 0 Å². The van der Waals surface area contributed by atoms with Crippen LogP contribution in [0.4, 0.5) is 0 Å². The highest BCUT2D eigenvalue weighted by molar-refractivity contribution is 9.10. The van der Waals surface area contributed by atoms with E-state index in [0.717, 1.165) is 15.6 Å². The van der Waals surface area contributed by atoms with Crippen LogP contribution in [-0.4, -0.2) is 0 Å². The van der Waals surface area contributed by atoms with Gasteiger partial charge >= 0.3 is 0 Å². The second-order valence-electron chi connectivity index (χ2n) is 4.23. The normalized spacial score (nSPS) is 10.1. The van der Waals surface area contributed by atoms with Gasteiger partial charge in [0.25, 0.3) is 0 Å². The van der Waals surface area contributed by atoms with E-state index >= 15 is 0 Å². The summed E-state index contributed by atoms with van der Waals surface area (Å²) in [6.07, 6.45) is 0. The molecule has 0 aliphatic rings. The Morgan fingerprint density at radius 3 is 2.37 bits per heavy atom. The molecule has 2 nitrogen and oxygen atoms in total. The number of ether oxygens (including phenoxy) is 1. The molecule has 0 aliphatic carbocycles. The molecule has 2 aromatic rings. The standard InChI is InChI=1S/C15H11BrClNO/c1-9-5-13(6-10(2)15(9)16)19-14-7-12(17)4-3-11(14)8-18/h3-7H,1-2H3. The predicted octanol–water partition coefficient (Wildman–Crippen LogP) is 5.38. The van der Waals surface area contributed by atoms with E-state index in [1.165, 1.54) is 0 Å². The van der Waals surface area contributed by atoms with Crippen LogP contribution < -0.4 is 4.74 Å². The first-order valence-corrected chi connectivity index (χ1v) is 6.82. The third-order valence-corrected chi connectivity index (χ3v) is 4.19. The van der Waals surface area contributed by atoms with Gasteiger partial charge in [-0.05, 0) is 49.2 Å². The van der Waals surface area contributed by atoms with Gasteiger partial charge in [0, 0.05) is 15.6 Å². The van der Waals surface area contributed by atoms with Crippen molar-refractivity contribution in [2.24, 2.45) is 0 Å². The molecule has 0 fully saturated rings. The van der Waals surface area contributed by atoms with E-state index in [-0.39, 0.29) is 0 Å². The summed E-state index contributed by atoms with van der Waals surface area (Å²) in [7, 11) is 0. The molecular formula is C15H11BrClNO. The van der Waals surface area contributed by atoms with E-state index in [0.29, 0.717) is 22.1 Å². The van der Waals surface area contributed by atoms with E-state index in [1.54, 1.807) is 18.2 Å². The van der Waals surface area contributed by atoms with Crippen molar-refractivity contribution in [3.05, 3.63) is 56.5 Å². The fraction of sp³-hybridized carbons (Fsp3) is 0.133. The summed E-state index contributed by atoms with van der Waals surface area (Å²) in [6.45, 7) is 3.99. The number of rotatable bonds is 2. The second-order valence-corrected chi connectivity index (χ2v) is 5.45. The van der Waals surface area contributed by atoms with Crippen molar-refractivity contribution in [3.63, 3.8) is 0 Å². The topological polar surface area (TPSA) is 33.0 Å². The highest BCUT2D eigenvalue weighted by atomic mass is 79.9. The van der Waals surface area contributed by atoms with Crippen LogP contribution >= 0.6 is 27.5 Å². The minimum atomic E-state index is 0.461. The molecule has 0 aliphatic heterocycles. The van der Waals surface area contributed by atoms with Crippen molar-refractivity contribution < 1.29 is 4.74 Å². The summed E-state index contributed by atoms with van der Waals surface area (Å²) >= 11 is 9.44. The average molecular weight is 337 g/mol. The fourth-order valence-electron chi connectivity index (χ4n) is 1.77. The maximum atomic E-state index is 9.06. The lowest BCUT2D eigenvalue weighted by Gasteiger charge is -2.11. The molecule has 2 rings (SSSR count). The van der Waals surface area contributed by atoms with Gasteiger partial charge in [-0.1, -0.05) is 27.5 Å². The smallest absolute Gasteiger partial charge is 0.146 e. The highest BCUT2D eigenvalue weighted by Crippen LogP contribution is 2.32. The molecule has 0 saturated carbocycles. The molecular weight excluding hydrogens is 326 g/mol. The highest BCUT2D eigenvalue weighted by Gasteiger charge is 2.08. The minimum absolute atomic E-state index is 0.461. The Balaban J connectivity index is 2.42. The predicted molar refractivity (Wildman–Crippen MR) is 79.9 cm³/mol. The van der Waals surface area contributed by atoms with Crippen LogP contribution in [-0.2, 0) is 0 Å². The summed E-state index contributed by atoms with van der Waals surface area (Å²) in [5.74, 6) is 1.16. The summed E-state index contributed by atoms with van der Waals surface area (Å²) in [6, 6.07) is 10.9. The van der Waals surface area contributed by atoms with E-state index in [2.05, 4.69) is 22.0 Å². The number of nitrogens with zero attached hydrogens (tertiary/aromatic N) is 1. The van der Waals surface area contributed by atoms with Gasteiger partial charge in [-0.25, -0.2) is 0 Å². The zero-order valence-electron chi connectivity index (χ0n) is 10.5. The maximum Gasteiger partial charge on any atom is 0.146 e. The molecule has 0 radical (unpaired) electrons. The number of benzene rings is 2. The summed E-state index contributed by atoms with van der Waals surface area (Å²) < 4.78 is 6.83. The molecule has 0 atom stereocenters. The van der Waals surface area contributed by atoms with Gasteiger partial charge in [0.15, 0.2) is 0 Å². The van der Waals surface area contributed by atoms with E-state index in [9.17, 15) is 0 Å². The summed E-state index contributed by atoms with van der Waals surface area (Å²) in [4.78, 5) is 0. The Morgan fingerprint density at radius 2 is 1.79 bits per heavy atom.